The Morgan fingerprint density at radius 2 is 1.57 bits per heavy atom. The predicted octanol–water partition coefficient (Wildman–Crippen LogP) is 7.42. The highest BCUT2D eigenvalue weighted by Crippen LogP contribution is 2.40. The molecule has 0 N–H and O–H groups in total. The lowest BCUT2D eigenvalue weighted by molar-refractivity contribution is -0.139. The normalized spacial score (nSPS) is 20.5. The van der Waals surface area contributed by atoms with Gasteiger partial charge in [0, 0.05) is 18.5 Å². The first-order chi connectivity index (χ1) is 19.5. The van der Waals surface area contributed by atoms with Gasteiger partial charge in [0.25, 0.3) is 0 Å². The number of benzene rings is 3. The monoisotopic (exact) mass is 578 g/mol. The minimum atomic E-state index is -0.150. The van der Waals surface area contributed by atoms with Gasteiger partial charge in [-0.2, -0.15) is 0 Å². The van der Waals surface area contributed by atoms with Crippen LogP contribution in [0.15, 0.2) is 78.9 Å². The Hall–Kier alpha value is -2.37. The minimum Gasteiger partial charge on any atom is -0.367 e. The summed E-state index contributed by atoms with van der Waals surface area (Å²) in [6, 6.07) is 26.9. The molecule has 2 aliphatic rings. The second-order valence-corrected chi connectivity index (χ2v) is 12.3. The molecular formula is C34H40Cl2N2O2. The lowest BCUT2D eigenvalue weighted by Crippen LogP contribution is -2.51. The van der Waals surface area contributed by atoms with E-state index in [2.05, 4.69) is 41.3 Å². The van der Waals surface area contributed by atoms with Gasteiger partial charge in [-0.25, -0.2) is 0 Å². The van der Waals surface area contributed by atoms with Gasteiger partial charge in [0.05, 0.1) is 16.7 Å². The molecule has 1 unspecified atom stereocenters. The third-order valence-electron chi connectivity index (χ3n) is 8.78. The third-order valence-corrected chi connectivity index (χ3v) is 9.52. The van der Waals surface area contributed by atoms with Crippen LogP contribution in [0, 0.1) is 5.92 Å². The van der Waals surface area contributed by atoms with Crippen LogP contribution in [0.25, 0.3) is 0 Å². The van der Waals surface area contributed by atoms with Crippen LogP contribution in [0.1, 0.15) is 48.8 Å². The van der Waals surface area contributed by atoms with Gasteiger partial charge in [0.1, 0.15) is 6.61 Å². The van der Waals surface area contributed by atoms with Crippen molar-refractivity contribution in [2.24, 2.45) is 5.92 Å². The van der Waals surface area contributed by atoms with E-state index in [1.807, 2.05) is 47.4 Å². The fourth-order valence-corrected chi connectivity index (χ4v) is 6.71. The van der Waals surface area contributed by atoms with Gasteiger partial charge in [-0.1, -0.05) is 89.9 Å². The standard InChI is InChI=1S/C34H40Cl2N2O2/c35-31-13-12-30(23-32(31)36)34(17-21-37-19-14-28(15-20-37)22-27-8-3-1-4-9-27)16-7-18-38(26-34)33(39)25-40-24-29-10-5-2-6-11-29/h1-6,8-13,23,28H,7,14-22,24-26H2. The van der Waals surface area contributed by atoms with E-state index >= 15 is 0 Å². The molecule has 0 spiro atoms. The van der Waals surface area contributed by atoms with Crippen molar-refractivity contribution in [3.8, 4) is 0 Å². The van der Waals surface area contributed by atoms with Crippen molar-refractivity contribution in [1.82, 2.24) is 9.80 Å². The van der Waals surface area contributed by atoms with Gasteiger partial charge in [-0.05, 0) is 92.9 Å². The lowest BCUT2D eigenvalue weighted by Gasteiger charge is -2.45. The van der Waals surface area contributed by atoms with E-state index in [0.717, 1.165) is 56.9 Å². The maximum Gasteiger partial charge on any atom is 0.248 e. The fourth-order valence-electron chi connectivity index (χ4n) is 6.41. The quantitative estimate of drug-likeness (QED) is 0.251. The molecule has 0 saturated carbocycles. The second kappa shape index (κ2) is 14.0. The van der Waals surface area contributed by atoms with E-state index in [9.17, 15) is 4.79 Å². The van der Waals surface area contributed by atoms with Crippen LogP contribution in [-0.4, -0.2) is 55.0 Å². The molecule has 6 heteroatoms. The van der Waals surface area contributed by atoms with Gasteiger partial charge >= 0.3 is 0 Å². The number of carbonyl (C=O) groups excluding carboxylic acids is 1. The van der Waals surface area contributed by atoms with E-state index in [1.165, 1.54) is 30.4 Å². The second-order valence-electron chi connectivity index (χ2n) is 11.5. The summed E-state index contributed by atoms with van der Waals surface area (Å²) in [6.45, 7) is 5.27. The van der Waals surface area contributed by atoms with Crippen molar-refractivity contribution in [3.05, 3.63) is 106 Å². The van der Waals surface area contributed by atoms with Gasteiger partial charge in [-0.15, -0.1) is 0 Å². The van der Waals surface area contributed by atoms with Crippen LogP contribution >= 0.6 is 23.2 Å². The molecule has 2 aliphatic heterocycles. The number of rotatable bonds is 10. The van der Waals surface area contributed by atoms with Crippen LogP contribution in [0.2, 0.25) is 10.0 Å². The third kappa shape index (κ3) is 7.67. The lowest BCUT2D eigenvalue weighted by atomic mass is 9.71. The zero-order valence-corrected chi connectivity index (χ0v) is 24.8. The Bertz CT molecular complexity index is 1230. The largest absolute Gasteiger partial charge is 0.367 e. The Morgan fingerprint density at radius 3 is 2.27 bits per heavy atom. The summed E-state index contributed by atoms with van der Waals surface area (Å²) in [5, 5.41) is 1.15. The van der Waals surface area contributed by atoms with Crippen molar-refractivity contribution in [3.63, 3.8) is 0 Å². The van der Waals surface area contributed by atoms with E-state index < -0.39 is 0 Å². The number of hydrogen-bond donors (Lipinski definition) is 0. The molecule has 2 saturated heterocycles. The van der Waals surface area contributed by atoms with Gasteiger partial charge in [0.15, 0.2) is 0 Å². The molecule has 0 aliphatic carbocycles. The van der Waals surface area contributed by atoms with Crippen LogP contribution in [0.4, 0.5) is 0 Å². The van der Waals surface area contributed by atoms with Crippen LogP contribution < -0.4 is 0 Å². The molecule has 3 aromatic carbocycles. The van der Waals surface area contributed by atoms with E-state index in [1.54, 1.807) is 0 Å². The van der Waals surface area contributed by atoms with E-state index in [-0.39, 0.29) is 17.9 Å². The molecule has 2 heterocycles. The van der Waals surface area contributed by atoms with Crippen molar-refractivity contribution in [1.29, 1.82) is 0 Å². The minimum absolute atomic E-state index is 0.0572. The van der Waals surface area contributed by atoms with Crippen molar-refractivity contribution in [2.45, 2.75) is 50.5 Å². The first kappa shape index (κ1) is 29.1. The Morgan fingerprint density at radius 1 is 0.875 bits per heavy atom. The van der Waals surface area contributed by atoms with E-state index in [4.69, 9.17) is 27.9 Å². The van der Waals surface area contributed by atoms with Crippen molar-refractivity contribution < 1.29 is 9.53 Å². The smallest absolute Gasteiger partial charge is 0.248 e. The highest BCUT2D eigenvalue weighted by molar-refractivity contribution is 6.42. The molecule has 2 fully saturated rings. The summed E-state index contributed by atoms with van der Waals surface area (Å²) in [7, 11) is 0. The van der Waals surface area contributed by atoms with Gasteiger partial charge in [-0.3, -0.25) is 4.79 Å². The van der Waals surface area contributed by atoms with E-state index in [0.29, 0.717) is 23.2 Å². The first-order valence-corrected chi connectivity index (χ1v) is 15.4. The first-order valence-electron chi connectivity index (χ1n) is 14.6. The number of amides is 1. The summed E-state index contributed by atoms with van der Waals surface area (Å²) in [6.07, 6.45) is 6.62. The molecule has 4 nitrogen and oxygen atoms in total. The topological polar surface area (TPSA) is 32.8 Å². The molecule has 40 heavy (non-hydrogen) atoms. The Balaban J connectivity index is 1.21. The Labute approximate surface area is 249 Å². The molecule has 3 aromatic rings. The van der Waals surface area contributed by atoms with Crippen molar-refractivity contribution in [2.75, 3.05) is 39.3 Å². The summed E-state index contributed by atoms with van der Waals surface area (Å²) in [4.78, 5) is 17.9. The average molecular weight is 580 g/mol. The number of hydrogen-bond acceptors (Lipinski definition) is 3. The van der Waals surface area contributed by atoms with Gasteiger partial charge in [0.2, 0.25) is 5.91 Å². The molecule has 5 rings (SSSR count). The number of halogens is 2. The fraction of sp³-hybridized carbons (Fsp3) is 0.441. The predicted molar refractivity (Wildman–Crippen MR) is 164 cm³/mol. The van der Waals surface area contributed by atoms with Crippen LogP contribution in [-0.2, 0) is 28.0 Å². The maximum absolute atomic E-state index is 13.3. The molecule has 0 aromatic heterocycles. The summed E-state index contributed by atoms with van der Waals surface area (Å²) >= 11 is 12.8. The molecular weight excluding hydrogens is 539 g/mol. The Kier molecular flexibility index (Phi) is 10.2. The molecule has 1 amide bonds. The van der Waals surface area contributed by atoms with Gasteiger partial charge < -0.3 is 14.5 Å². The number of likely N-dealkylation sites (tertiary alicyclic amines) is 2. The number of ether oxygens (including phenoxy) is 1. The summed E-state index contributed by atoms with van der Waals surface area (Å²) in [5.74, 6) is 0.808. The molecule has 0 bridgehead atoms. The SMILES string of the molecule is O=C(COCc1ccccc1)N1CCCC(CCN2CCC(Cc3ccccc3)CC2)(c2ccc(Cl)c(Cl)c2)C1. The average Bonchev–Trinajstić information content (AvgIpc) is 2.99. The zero-order valence-electron chi connectivity index (χ0n) is 23.2. The summed E-state index contributed by atoms with van der Waals surface area (Å²) in [5.41, 5.74) is 3.55. The van der Waals surface area contributed by atoms with Crippen molar-refractivity contribution >= 4 is 29.1 Å². The zero-order chi connectivity index (χ0) is 27.8. The van der Waals surface area contributed by atoms with Crippen LogP contribution in [0.3, 0.4) is 0 Å². The summed E-state index contributed by atoms with van der Waals surface area (Å²) < 4.78 is 5.81. The highest BCUT2D eigenvalue weighted by atomic mass is 35.5. The number of carbonyl (C=O) groups is 1. The number of piperidine rings is 2. The molecule has 212 valence electrons. The molecule has 0 radical (unpaired) electrons. The molecule has 1 atom stereocenters. The highest BCUT2D eigenvalue weighted by Gasteiger charge is 2.39. The number of nitrogens with zero attached hydrogens (tertiary/aromatic N) is 2. The maximum atomic E-state index is 13.3. The van der Waals surface area contributed by atoms with Crippen LogP contribution in [0.5, 0.6) is 0 Å².